The standard InChI is InChI=1S/C13H9FN2.BrH/c14-10-7-5-9(6-8-10)13-15-11-3-1-2-4-12(11)16-13;/h1-8H,(H,15,16);1H. The van der Waals surface area contributed by atoms with Crippen molar-refractivity contribution in [3.8, 4) is 11.4 Å². The van der Waals surface area contributed by atoms with Crippen molar-refractivity contribution in [3.05, 3.63) is 54.3 Å². The predicted molar refractivity (Wildman–Crippen MR) is 71.8 cm³/mol. The van der Waals surface area contributed by atoms with E-state index in [-0.39, 0.29) is 22.8 Å². The van der Waals surface area contributed by atoms with Crippen LogP contribution in [-0.2, 0) is 0 Å². The number of benzene rings is 2. The van der Waals surface area contributed by atoms with Gasteiger partial charge in [0.2, 0.25) is 0 Å². The first kappa shape index (κ1) is 11.8. The van der Waals surface area contributed by atoms with Crippen LogP contribution in [0.3, 0.4) is 0 Å². The van der Waals surface area contributed by atoms with E-state index in [0.29, 0.717) is 0 Å². The molecule has 0 saturated carbocycles. The molecule has 3 rings (SSSR count). The third kappa shape index (κ3) is 2.22. The van der Waals surface area contributed by atoms with Crippen LogP contribution in [0.1, 0.15) is 0 Å². The predicted octanol–water partition coefficient (Wildman–Crippen LogP) is 3.95. The van der Waals surface area contributed by atoms with E-state index < -0.39 is 0 Å². The lowest BCUT2D eigenvalue weighted by molar-refractivity contribution is 0.628. The molecule has 0 amide bonds. The summed E-state index contributed by atoms with van der Waals surface area (Å²) >= 11 is 0. The highest BCUT2D eigenvalue weighted by Crippen LogP contribution is 2.20. The summed E-state index contributed by atoms with van der Waals surface area (Å²) in [5, 5.41) is 0. The van der Waals surface area contributed by atoms with Gasteiger partial charge in [-0.3, -0.25) is 0 Å². The molecule has 1 aromatic heterocycles. The van der Waals surface area contributed by atoms with E-state index in [2.05, 4.69) is 9.97 Å². The molecule has 2 nitrogen and oxygen atoms in total. The molecule has 0 spiro atoms. The van der Waals surface area contributed by atoms with Crippen molar-refractivity contribution in [3.63, 3.8) is 0 Å². The zero-order valence-corrected chi connectivity index (χ0v) is 10.6. The number of rotatable bonds is 1. The number of fused-ring (bicyclic) bond motifs is 1. The summed E-state index contributed by atoms with van der Waals surface area (Å²) in [7, 11) is 0. The molecule has 1 heterocycles. The average molecular weight is 293 g/mol. The second-order valence-corrected chi connectivity index (χ2v) is 3.61. The molecule has 3 aromatic rings. The van der Waals surface area contributed by atoms with Crippen molar-refractivity contribution >= 4 is 28.0 Å². The maximum absolute atomic E-state index is 12.8. The van der Waals surface area contributed by atoms with Crippen molar-refractivity contribution < 1.29 is 4.39 Å². The Morgan fingerprint density at radius 3 is 2.35 bits per heavy atom. The van der Waals surface area contributed by atoms with Crippen LogP contribution in [-0.4, -0.2) is 9.97 Å². The minimum absolute atomic E-state index is 0. The Hall–Kier alpha value is -1.68. The summed E-state index contributed by atoms with van der Waals surface area (Å²) in [5.41, 5.74) is 2.79. The number of aromatic nitrogens is 2. The molecule has 1 N–H and O–H groups in total. The van der Waals surface area contributed by atoms with Crippen molar-refractivity contribution in [1.29, 1.82) is 0 Å². The molecule has 0 saturated heterocycles. The van der Waals surface area contributed by atoms with Crippen molar-refractivity contribution in [2.24, 2.45) is 0 Å². The van der Waals surface area contributed by atoms with Crippen LogP contribution in [0.5, 0.6) is 0 Å². The number of para-hydroxylation sites is 2. The lowest BCUT2D eigenvalue weighted by atomic mass is 10.2. The average Bonchev–Trinajstić information content (AvgIpc) is 2.73. The van der Waals surface area contributed by atoms with E-state index in [1.165, 1.54) is 12.1 Å². The van der Waals surface area contributed by atoms with E-state index in [9.17, 15) is 4.39 Å². The minimum atomic E-state index is -0.236. The first-order chi connectivity index (χ1) is 7.83. The Labute approximate surface area is 108 Å². The highest BCUT2D eigenvalue weighted by atomic mass is 79.9. The van der Waals surface area contributed by atoms with Crippen LogP contribution >= 0.6 is 17.0 Å². The number of halogens is 2. The number of nitrogens with zero attached hydrogens (tertiary/aromatic N) is 1. The Morgan fingerprint density at radius 1 is 0.941 bits per heavy atom. The zero-order chi connectivity index (χ0) is 11.0. The van der Waals surface area contributed by atoms with Gasteiger partial charge in [0.15, 0.2) is 0 Å². The fraction of sp³-hybridized carbons (Fsp3) is 0. The number of nitrogens with one attached hydrogen (secondary N) is 1. The zero-order valence-electron chi connectivity index (χ0n) is 8.85. The van der Waals surface area contributed by atoms with Gasteiger partial charge in [-0.15, -0.1) is 17.0 Å². The Bertz CT molecular complexity index is 598. The highest BCUT2D eigenvalue weighted by molar-refractivity contribution is 8.93. The van der Waals surface area contributed by atoms with E-state index in [1.807, 2.05) is 24.3 Å². The van der Waals surface area contributed by atoms with E-state index in [4.69, 9.17) is 0 Å². The van der Waals surface area contributed by atoms with Gasteiger partial charge in [0.05, 0.1) is 11.0 Å². The van der Waals surface area contributed by atoms with Gasteiger partial charge < -0.3 is 4.98 Å². The summed E-state index contributed by atoms with van der Waals surface area (Å²) < 4.78 is 12.8. The van der Waals surface area contributed by atoms with Gasteiger partial charge in [0.25, 0.3) is 0 Å². The summed E-state index contributed by atoms with van der Waals surface area (Å²) in [5.74, 6) is 0.529. The summed E-state index contributed by atoms with van der Waals surface area (Å²) in [4.78, 5) is 7.63. The molecule has 2 aromatic carbocycles. The molecular formula is C13H10BrFN2. The largest absolute Gasteiger partial charge is 0.338 e. The molecule has 0 unspecified atom stereocenters. The van der Waals surface area contributed by atoms with Crippen molar-refractivity contribution in [1.82, 2.24) is 9.97 Å². The van der Waals surface area contributed by atoms with Gasteiger partial charge in [-0.25, -0.2) is 9.37 Å². The van der Waals surface area contributed by atoms with Crippen LogP contribution in [0.2, 0.25) is 0 Å². The number of hydrogen-bond acceptors (Lipinski definition) is 1. The molecule has 0 aliphatic rings. The highest BCUT2D eigenvalue weighted by Gasteiger charge is 2.04. The fourth-order valence-electron chi connectivity index (χ4n) is 1.70. The van der Waals surface area contributed by atoms with Gasteiger partial charge in [-0.1, -0.05) is 12.1 Å². The van der Waals surface area contributed by atoms with Gasteiger partial charge in [-0.2, -0.15) is 0 Å². The third-order valence-corrected chi connectivity index (χ3v) is 2.51. The van der Waals surface area contributed by atoms with Gasteiger partial charge in [-0.05, 0) is 36.4 Å². The van der Waals surface area contributed by atoms with E-state index in [1.54, 1.807) is 12.1 Å². The maximum Gasteiger partial charge on any atom is 0.138 e. The quantitative estimate of drug-likeness (QED) is 0.723. The van der Waals surface area contributed by atoms with E-state index in [0.717, 1.165) is 22.4 Å². The van der Waals surface area contributed by atoms with E-state index >= 15 is 0 Å². The smallest absolute Gasteiger partial charge is 0.138 e. The summed E-state index contributed by atoms with van der Waals surface area (Å²) in [6.07, 6.45) is 0. The van der Waals surface area contributed by atoms with Gasteiger partial charge >= 0.3 is 0 Å². The lowest BCUT2D eigenvalue weighted by Crippen LogP contribution is -1.80. The number of imidazole rings is 1. The molecule has 0 aliphatic heterocycles. The Morgan fingerprint density at radius 2 is 1.65 bits per heavy atom. The number of H-pyrrole nitrogens is 1. The first-order valence-electron chi connectivity index (χ1n) is 5.03. The second-order valence-electron chi connectivity index (χ2n) is 3.61. The first-order valence-corrected chi connectivity index (χ1v) is 5.03. The Balaban J connectivity index is 0.00000108. The Kier molecular flexibility index (Phi) is 3.24. The van der Waals surface area contributed by atoms with Crippen LogP contribution < -0.4 is 0 Å². The SMILES string of the molecule is Br.Fc1ccc(-c2nc3ccccc3[nH]2)cc1. The van der Waals surface area contributed by atoms with Crippen LogP contribution in [0.4, 0.5) is 4.39 Å². The normalized spacial score (nSPS) is 10.2. The van der Waals surface area contributed by atoms with Crippen LogP contribution in [0.25, 0.3) is 22.4 Å². The topological polar surface area (TPSA) is 28.7 Å². The number of hydrogen-bond donors (Lipinski definition) is 1. The van der Waals surface area contributed by atoms with Crippen LogP contribution in [0.15, 0.2) is 48.5 Å². The second kappa shape index (κ2) is 4.67. The van der Waals surface area contributed by atoms with Gasteiger partial charge in [0.1, 0.15) is 11.6 Å². The molecule has 0 bridgehead atoms. The van der Waals surface area contributed by atoms with Gasteiger partial charge in [0, 0.05) is 5.56 Å². The third-order valence-electron chi connectivity index (χ3n) is 2.51. The molecule has 0 radical (unpaired) electrons. The summed E-state index contributed by atoms with van der Waals surface area (Å²) in [6, 6.07) is 14.1. The lowest BCUT2D eigenvalue weighted by Gasteiger charge is -1.94. The molecule has 4 heteroatoms. The minimum Gasteiger partial charge on any atom is -0.338 e. The molecule has 86 valence electrons. The molecule has 0 fully saturated rings. The maximum atomic E-state index is 12.8. The number of aromatic amines is 1. The molecule has 17 heavy (non-hydrogen) atoms. The molecular weight excluding hydrogens is 283 g/mol. The van der Waals surface area contributed by atoms with Crippen molar-refractivity contribution in [2.75, 3.05) is 0 Å². The molecule has 0 atom stereocenters. The monoisotopic (exact) mass is 292 g/mol. The molecule has 0 aliphatic carbocycles. The van der Waals surface area contributed by atoms with Crippen molar-refractivity contribution in [2.45, 2.75) is 0 Å². The summed E-state index contributed by atoms with van der Waals surface area (Å²) in [6.45, 7) is 0. The fourth-order valence-corrected chi connectivity index (χ4v) is 1.70. The van der Waals surface area contributed by atoms with Crippen LogP contribution in [0, 0.1) is 5.82 Å².